The van der Waals surface area contributed by atoms with Gasteiger partial charge in [-0.15, -0.1) is 10.2 Å². The van der Waals surface area contributed by atoms with Gasteiger partial charge in [0.2, 0.25) is 5.82 Å². The Morgan fingerprint density at radius 1 is 1.12 bits per heavy atom. The molecule has 1 aliphatic rings. The van der Waals surface area contributed by atoms with Gasteiger partial charge in [0.15, 0.2) is 0 Å². The van der Waals surface area contributed by atoms with Gasteiger partial charge in [-0.25, -0.2) is 0 Å². The van der Waals surface area contributed by atoms with Crippen LogP contribution in [-0.2, 0) is 0 Å². The van der Waals surface area contributed by atoms with E-state index in [-0.39, 0.29) is 0 Å². The lowest BCUT2D eigenvalue weighted by Crippen LogP contribution is -2.43. The van der Waals surface area contributed by atoms with E-state index >= 15 is 0 Å². The molecule has 0 bridgehead atoms. The molecule has 0 aliphatic carbocycles. The lowest BCUT2D eigenvalue weighted by molar-refractivity contribution is 0.0300. The Bertz CT molecular complexity index is 773. The Kier molecular flexibility index (Phi) is 4.06. The molecule has 1 saturated heterocycles. The molecule has 2 heterocycles. The Hall–Kier alpha value is -2.57. The van der Waals surface area contributed by atoms with Crippen LogP contribution in [0.25, 0.3) is 11.4 Å². The first-order valence-corrected chi connectivity index (χ1v) is 8.12. The molecule has 0 saturated carbocycles. The van der Waals surface area contributed by atoms with Gasteiger partial charge in [0.25, 0.3) is 0 Å². The maximum atomic E-state index is 10.6. The van der Waals surface area contributed by atoms with Gasteiger partial charge in [-0.1, -0.05) is 54.6 Å². The maximum Gasteiger partial charge on any atom is 0.204 e. The molecular weight excluding hydrogens is 302 g/mol. The highest BCUT2D eigenvalue weighted by Crippen LogP contribution is 2.34. The van der Waals surface area contributed by atoms with Crippen molar-refractivity contribution in [3.8, 4) is 11.4 Å². The normalized spacial score (nSPS) is 19.0. The molecule has 2 unspecified atom stereocenters. The van der Waals surface area contributed by atoms with E-state index in [4.69, 9.17) is 0 Å². The SMILES string of the molecule is OC(CN1CCC1c1ccccc1)c1ccc(-c2nn[nH]n2)cc1. The van der Waals surface area contributed by atoms with Crippen LogP contribution in [0.4, 0.5) is 0 Å². The molecule has 2 aromatic carbocycles. The molecule has 0 amide bonds. The van der Waals surface area contributed by atoms with Gasteiger partial charge in [0.05, 0.1) is 6.10 Å². The average Bonchev–Trinajstić information content (AvgIpc) is 3.14. The molecule has 6 heteroatoms. The standard InChI is InChI=1S/C18H19N5O/c24-17(12-23-11-10-16(23)13-4-2-1-3-5-13)14-6-8-15(9-7-14)18-19-21-22-20-18/h1-9,16-17,24H,10-12H2,(H,19,20,21,22). The number of hydrogen-bond donors (Lipinski definition) is 2. The molecule has 2 N–H and O–H groups in total. The molecule has 1 aromatic heterocycles. The highest BCUT2D eigenvalue weighted by Gasteiger charge is 2.30. The number of aliphatic hydroxyl groups excluding tert-OH is 1. The number of tetrazole rings is 1. The summed E-state index contributed by atoms with van der Waals surface area (Å²) in [4.78, 5) is 2.33. The van der Waals surface area contributed by atoms with E-state index in [1.54, 1.807) is 0 Å². The van der Waals surface area contributed by atoms with Gasteiger partial charge in [0, 0.05) is 24.7 Å². The minimum Gasteiger partial charge on any atom is -0.387 e. The van der Waals surface area contributed by atoms with Crippen molar-refractivity contribution in [1.29, 1.82) is 0 Å². The summed E-state index contributed by atoms with van der Waals surface area (Å²) in [5.41, 5.74) is 3.11. The monoisotopic (exact) mass is 321 g/mol. The molecule has 2 atom stereocenters. The van der Waals surface area contributed by atoms with Gasteiger partial charge in [0.1, 0.15) is 0 Å². The van der Waals surface area contributed by atoms with Gasteiger partial charge in [-0.2, -0.15) is 5.21 Å². The lowest BCUT2D eigenvalue weighted by Gasteiger charge is -2.42. The summed E-state index contributed by atoms with van der Waals surface area (Å²) in [6, 6.07) is 18.6. The summed E-state index contributed by atoms with van der Waals surface area (Å²) < 4.78 is 0. The third-order valence-corrected chi connectivity index (χ3v) is 4.62. The van der Waals surface area contributed by atoms with E-state index in [2.05, 4.69) is 49.8 Å². The van der Waals surface area contributed by atoms with E-state index in [9.17, 15) is 5.11 Å². The maximum absolute atomic E-state index is 10.6. The Morgan fingerprint density at radius 2 is 1.92 bits per heavy atom. The molecule has 0 spiro atoms. The van der Waals surface area contributed by atoms with Crippen LogP contribution in [0.15, 0.2) is 54.6 Å². The highest BCUT2D eigenvalue weighted by molar-refractivity contribution is 5.54. The Balaban J connectivity index is 1.42. The number of likely N-dealkylation sites (tertiary alicyclic amines) is 1. The molecule has 24 heavy (non-hydrogen) atoms. The van der Waals surface area contributed by atoms with Crippen molar-refractivity contribution in [2.75, 3.05) is 13.1 Å². The highest BCUT2D eigenvalue weighted by atomic mass is 16.3. The van der Waals surface area contributed by atoms with Crippen LogP contribution in [0.1, 0.15) is 29.7 Å². The summed E-state index contributed by atoms with van der Waals surface area (Å²) in [7, 11) is 0. The minimum absolute atomic E-state index is 0.416. The summed E-state index contributed by atoms with van der Waals surface area (Å²) >= 11 is 0. The fourth-order valence-corrected chi connectivity index (χ4v) is 3.18. The van der Waals surface area contributed by atoms with E-state index in [0.717, 1.165) is 24.1 Å². The molecule has 1 fully saturated rings. The van der Waals surface area contributed by atoms with Crippen LogP contribution in [0.5, 0.6) is 0 Å². The number of benzene rings is 2. The third-order valence-electron chi connectivity index (χ3n) is 4.62. The number of aromatic amines is 1. The second-order valence-corrected chi connectivity index (χ2v) is 6.08. The van der Waals surface area contributed by atoms with Gasteiger partial charge in [-0.05, 0) is 22.8 Å². The van der Waals surface area contributed by atoms with E-state index in [1.807, 2.05) is 30.3 Å². The zero-order chi connectivity index (χ0) is 16.4. The fourth-order valence-electron chi connectivity index (χ4n) is 3.18. The van der Waals surface area contributed by atoms with Gasteiger partial charge >= 0.3 is 0 Å². The van der Waals surface area contributed by atoms with Crippen molar-refractivity contribution < 1.29 is 5.11 Å². The summed E-state index contributed by atoms with van der Waals surface area (Å²) in [5.74, 6) is 0.558. The quantitative estimate of drug-likeness (QED) is 0.754. The molecule has 6 nitrogen and oxygen atoms in total. The van der Waals surface area contributed by atoms with Crippen LogP contribution < -0.4 is 0 Å². The molecule has 1 aliphatic heterocycles. The van der Waals surface area contributed by atoms with Crippen molar-refractivity contribution in [3.05, 3.63) is 65.7 Å². The van der Waals surface area contributed by atoms with Crippen molar-refractivity contribution in [2.24, 2.45) is 0 Å². The van der Waals surface area contributed by atoms with Crippen molar-refractivity contribution in [1.82, 2.24) is 25.5 Å². The zero-order valence-electron chi connectivity index (χ0n) is 13.2. The molecular formula is C18H19N5O. The van der Waals surface area contributed by atoms with E-state index in [0.29, 0.717) is 18.4 Å². The fraction of sp³-hybridized carbons (Fsp3) is 0.278. The first-order valence-electron chi connectivity index (χ1n) is 8.12. The van der Waals surface area contributed by atoms with Crippen molar-refractivity contribution in [2.45, 2.75) is 18.6 Å². The number of rotatable bonds is 5. The minimum atomic E-state index is -0.504. The molecule has 122 valence electrons. The van der Waals surface area contributed by atoms with Crippen LogP contribution in [-0.4, -0.2) is 43.7 Å². The number of β-amino-alcohol motifs (C(OH)–C–C–N with tert-alkyl or cyclic N) is 1. The largest absolute Gasteiger partial charge is 0.387 e. The zero-order valence-corrected chi connectivity index (χ0v) is 13.2. The topological polar surface area (TPSA) is 77.9 Å². The number of H-pyrrole nitrogens is 1. The third kappa shape index (κ3) is 2.93. The number of nitrogens with one attached hydrogen (secondary N) is 1. The first-order chi connectivity index (χ1) is 11.8. The number of nitrogens with zero attached hydrogens (tertiary/aromatic N) is 4. The van der Waals surface area contributed by atoms with Crippen molar-refractivity contribution >= 4 is 0 Å². The first kappa shape index (κ1) is 15.0. The van der Waals surface area contributed by atoms with Gasteiger partial charge in [-0.3, -0.25) is 4.90 Å². The van der Waals surface area contributed by atoms with Crippen LogP contribution in [0.3, 0.4) is 0 Å². The van der Waals surface area contributed by atoms with Crippen molar-refractivity contribution in [3.63, 3.8) is 0 Å². The summed E-state index contributed by atoms with van der Waals surface area (Å²) in [6.45, 7) is 1.67. The van der Waals surface area contributed by atoms with Gasteiger partial charge < -0.3 is 5.11 Å². The number of hydrogen-bond acceptors (Lipinski definition) is 5. The number of aliphatic hydroxyl groups is 1. The predicted octanol–water partition coefficient (Wildman–Crippen LogP) is 2.35. The second kappa shape index (κ2) is 6.51. The average molecular weight is 321 g/mol. The molecule has 4 rings (SSSR count). The molecule has 3 aromatic rings. The molecule has 0 radical (unpaired) electrons. The summed E-state index contributed by atoms with van der Waals surface area (Å²) in [6.07, 6.45) is 0.642. The Labute approximate surface area is 140 Å². The van der Waals surface area contributed by atoms with Crippen LogP contribution >= 0.6 is 0 Å². The number of aromatic nitrogens is 4. The second-order valence-electron chi connectivity index (χ2n) is 6.08. The predicted molar refractivity (Wildman–Crippen MR) is 89.9 cm³/mol. The lowest BCUT2D eigenvalue weighted by atomic mass is 9.93. The summed E-state index contributed by atoms with van der Waals surface area (Å²) in [5, 5.41) is 24.5. The van der Waals surface area contributed by atoms with E-state index in [1.165, 1.54) is 5.56 Å². The smallest absolute Gasteiger partial charge is 0.204 e. The Morgan fingerprint density at radius 3 is 2.54 bits per heavy atom. The van der Waals surface area contributed by atoms with Crippen LogP contribution in [0, 0.1) is 0 Å². The van der Waals surface area contributed by atoms with Crippen LogP contribution in [0.2, 0.25) is 0 Å². The van der Waals surface area contributed by atoms with E-state index < -0.39 is 6.10 Å².